The molecule has 0 saturated heterocycles. The largest absolute Gasteiger partial charge is 0.383 e. The van der Waals surface area contributed by atoms with E-state index in [9.17, 15) is 0 Å². The smallest absolute Gasteiger partial charge is 0.0834 e. The molecule has 2 rings (SSSR count). The van der Waals surface area contributed by atoms with E-state index in [2.05, 4.69) is 17.4 Å². The standard InChI is InChI=1S/C12H21ClN4O/c1-8(9-3-4-9)11(16-14)12-10(13)7-15-17(12)5-6-18-2/h7-9,11,16H,3-6,14H2,1-2H3. The molecule has 2 atom stereocenters. The summed E-state index contributed by atoms with van der Waals surface area (Å²) in [6, 6.07) is 0.0457. The van der Waals surface area contributed by atoms with Crippen molar-refractivity contribution in [1.29, 1.82) is 0 Å². The molecule has 3 N–H and O–H groups in total. The summed E-state index contributed by atoms with van der Waals surface area (Å²) in [4.78, 5) is 0. The summed E-state index contributed by atoms with van der Waals surface area (Å²) < 4.78 is 6.97. The van der Waals surface area contributed by atoms with Gasteiger partial charge in [0.1, 0.15) is 0 Å². The van der Waals surface area contributed by atoms with Gasteiger partial charge in [-0.1, -0.05) is 18.5 Å². The second kappa shape index (κ2) is 6.02. The van der Waals surface area contributed by atoms with Crippen LogP contribution in [0, 0.1) is 11.8 Å². The van der Waals surface area contributed by atoms with Crippen molar-refractivity contribution < 1.29 is 4.74 Å². The minimum absolute atomic E-state index is 0.0457. The molecule has 1 heterocycles. The first kappa shape index (κ1) is 13.8. The quantitative estimate of drug-likeness (QED) is 0.586. The van der Waals surface area contributed by atoms with Gasteiger partial charge < -0.3 is 4.74 Å². The van der Waals surface area contributed by atoms with E-state index in [1.54, 1.807) is 13.3 Å². The first-order chi connectivity index (χ1) is 8.69. The number of methoxy groups -OCH3 is 1. The molecule has 0 amide bonds. The molecule has 6 heteroatoms. The Bertz CT molecular complexity index is 391. The van der Waals surface area contributed by atoms with Crippen LogP contribution < -0.4 is 11.3 Å². The van der Waals surface area contributed by atoms with Crippen molar-refractivity contribution in [1.82, 2.24) is 15.2 Å². The Labute approximate surface area is 113 Å². The Balaban J connectivity index is 2.19. The summed E-state index contributed by atoms with van der Waals surface area (Å²) in [5.41, 5.74) is 3.87. The predicted molar refractivity (Wildman–Crippen MR) is 71.1 cm³/mol. The number of halogens is 1. The third-order valence-electron chi connectivity index (χ3n) is 3.71. The van der Waals surface area contributed by atoms with Crippen molar-refractivity contribution in [2.45, 2.75) is 32.4 Å². The maximum atomic E-state index is 6.25. The van der Waals surface area contributed by atoms with Gasteiger partial charge >= 0.3 is 0 Å². The number of rotatable bonds is 7. The molecule has 0 spiro atoms. The van der Waals surface area contributed by atoms with Crippen molar-refractivity contribution in [2.75, 3.05) is 13.7 Å². The van der Waals surface area contributed by atoms with Gasteiger partial charge in [-0.2, -0.15) is 5.10 Å². The van der Waals surface area contributed by atoms with E-state index in [0.29, 0.717) is 24.1 Å². The van der Waals surface area contributed by atoms with Crippen molar-refractivity contribution in [3.8, 4) is 0 Å². The zero-order chi connectivity index (χ0) is 13.1. The van der Waals surface area contributed by atoms with E-state index in [1.165, 1.54) is 12.8 Å². The van der Waals surface area contributed by atoms with E-state index < -0.39 is 0 Å². The molecule has 1 aliphatic rings. The Kier molecular flexibility index (Phi) is 4.61. The van der Waals surface area contributed by atoms with Crippen LogP contribution in [0.25, 0.3) is 0 Å². The monoisotopic (exact) mass is 272 g/mol. The normalized spacial score (nSPS) is 18.9. The van der Waals surface area contributed by atoms with Gasteiger partial charge in [0, 0.05) is 7.11 Å². The van der Waals surface area contributed by atoms with E-state index in [4.69, 9.17) is 22.2 Å². The topological polar surface area (TPSA) is 65.1 Å². The lowest BCUT2D eigenvalue weighted by atomic mass is 9.94. The summed E-state index contributed by atoms with van der Waals surface area (Å²) in [5.74, 6) is 6.92. The molecule has 0 aliphatic heterocycles. The van der Waals surface area contributed by atoms with Gasteiger partial charge in [-0.15, -0.1) is 0 Å². The second-order valence-corrected chi connectivity index (χ2v) is 5.34. The third kappa shape index (κ3) is 2.85. The van der Waals surface area contributed by atoms with Gasteiger partial charge in [0.05, 0.1) is 36.1 Å². The molecular formula is C12H21ClN4O. The van der Waals surface area contributed by atoms with Crippen LogP contribution in [0.2, 0.25) is 5.02 Å². The molecule has 0 radical (unpaired) electrons. The van der Waals surface area contributed by atoms with Gasteiger partial charge in [0.2, 0.25) is 0 Å². The van der Waals surface area contributed by atoms with Crippen molar-refractivity contribution >= 4 is 11.6 Å². The minimum atomic E-state index is 0.0457. The van der Waals surface area contributed by atoms with Crippen LogP contribution in [0.15, 0.2) is 6.20 Å². The Morgan fingerprint density at radius 1 is 1.67 bits per heavy atom. The molecule has 102 valence electrons. The molecular weight excluding hydrogens is 252 g/mol. The fourth-order valence-electron chi connectivity index (χ4n) is 2.41. The van der Waals surface area contributed by atoms with Gasteiger partial charge in [-0.05, 0) is 24.7 Å². The average Bonchev–Trinajstić information content (AvgIpc) is 3.15. The van der Waals surface area contributed by atoms with E-state index in [0.717, 1.165) is 11.6 Å². The van der Waals surface area contributed by atoms with E-state index in [-0.39, 0.29) is 6.04 Å². The minimum Gasteiger partial charge on any atom is -0.383 e. The van der Waals surface area contributed by atoms with Crippen molar-refractivity contribution in [3.05, 3.63) is 16.9 Å². The van der Waals surface area contributed by atoms with E-state index in [1.807, 2.05) is 4.68 Å². The SMILES string of the molecule is COCCn1ncc(Cl)c1C(NN)C(C)C1CC1. The fraction of sp³-hybridized carbons (Fsp3) is 0.750. The molecule has 18 heavy (non-hydrogen) atoms. The predicted octanol–water partition coefficient (Wildman–Crippen LogP) is 1.73. The molecule has 1 fully saturated rings. The highest BCUT2D eigenvalue weighted by atomic mass is 35.5. The molecule has 1 aromatic heterocycles. The number of aromatic nitrogens is 2. The molecule has 1 aromatic rings. The molecule has 1 aliphatic carbocycles. The highest BCUT2D eigenvalue weighted by Gasteiger charge is 2.36. The van der Waals surface area contributed by atoms with Crippen LogP contribution in [0.5, 0.6) is 0 Å². The van der Waals surface area contributed by atoms with Crippen molar-refractivity contribution in [3.63, 3.8) is 0 Å². The summed E-state index contributed by atoms with van der Waals surface area (Å²) in [7, 11) is 1.68. The number of nitrogens with zero attached hydrogens (tertiary/aromatic N) is 2. The summed E-state index contributed by atoms with van der Waals surface area (Å²) in [5, 5.41) is 4.96. The van der Waals surface area contributed by atoms with Gasteiger partial charge in [0.15, 0.2) is 0 Å². The van der Waals surface area contributed by atoms with Crippen LogP contribution in [-0.4, -0.2) is 23.5 Å². The number of ether oxygens (including phenoxy) is 1. The molecule has 0 bridgehead atoms. The highest BCUT2D eigenvalue weighted by molar-refractivity contribution is 6.31. The van der Waals surface area contributed by atoms with Gasteiger partial charge in [-0.3, -0.25) is 16.0 Å². The number of hydrogen-bond acceptors (Lipinski definition) is 4. The zero-order valence-electron chi connectivity index (χ0n) is 10.9. The highest BCUT2D eigenvalue weighted by Crippen LogP contribution is 2.43. The van der Waals surface area contributed by atoms with Gasteiger partial charge in [-0.25, -0.2) is 0 Å². The maximum absolute atomic E-state index is 6.25. The lowest BCUT2D eigenvalue weighted by Crippen LogP contribution is -2.35. The summed E-state index contributed by atoms with van der Waals surface area (Å²) in [6.45, 7) is 3.51. The van der Waals surface area contributed by atoms with Crippen LogP contribution in [0.3, 0.4) is 0 Å². The Morgan fingerprint density at radius 3 is 2.94 bits per heavy atom. The van der Waals surface area contributed by atoms with Crippen LogP contribution in [-0.2, 0) is 11.3 Å². The Morgan fingerprint density at radius 2 is 2.39 bits per heavy atom. The average molecular weight is 273 g/mol. The van der Waals surface area contributed by atoms with E-state index >= 15 is 0 Å². The number of hydrazine groups is 1. The lowest BCUT2D eigenvalue weighted by molar-refractivity contribution is 0.180. The van der Waals surface area contributed by atoms with Crippen LogP contribution in [0.4, 0.5) is 0 Å². The van der Waals surface area contributed by atoms with Crippen LogP contribution >= 0.6 is 11.6 Å². The molecule has 0 aromatic carbocycles. The fourth-order valence-corrected chi connectivity index (χ4v) is 2.67. The van der Waals surface area contributed by atoms with Crippen LogP contribution in [0.1, 0.15) is 31.5 Å². The van der Waals surface area contributed by atoms with Crippen molar-refractivity contribution in [2.24, 2.45) is 17.7 Å². The number of hydrogen-bond donors (Lipinski definition) is 2. The number of nitrogens with one attached hydrogen (secondary N) is 1. The molecule has 2 unspecified atom stereocenters. The lowest BCUT2D eigenvalue weighted by Gasteiger charge is -2.24. The second-order valence-electron chi connectivity index (χ2n) is 4.93. The first-order valence-corrected chi connectivity index (χ1v) is 6.73. The molecule has 5 nitrogen and oxygen atoms in total. The number of nitrogens with two attached hydrogens (primary N) is 1. The third-order valence-corrected chi connectivity index (χ3v) is 4.00. The van der Waals surface area contributed by atoms with Gasteiger partial charge in [0.25, 0.3) is 0 Å². The maximum Gasteiger partial charge on any atom is 0.0834 e. The summed E-state index contributed by atoms with van der Waals surface area (Å²) in [6.07, 6.45) is 4.24. The summed E-state index contributed by atoms with van der Waals surface area (Å²) >= 11 is 6.25. The zero-order valence-corrected chi connectivity index (χ0v) is 11.7. The first-order valence-electron chi connectivity index (χ1n) is 6.35. The Hall–Kier alpha value is -0.620. The molecule has 1 saturated carbocycles.